The molecule has 1 aliphatic rings. The van der Waals surface area contributed by atoms with Gasteiger partial charge in [-0.2, -0.15) is 0 Å². The highest BCUT2D eigenvalue weighted by atomic mass is 16.4. The minimum Gasteiger partial charge on any atom is -0.480 e. The van der Waals surface area contributed by atoms with E-state index in [1.165, 1.54) is 0 Å². The molecule has 0 aliphatic heterocycles. The van der Waals surface area contributed by atoms with Gasteiger partial charge in [-0.3, -0.25) is 9.69 Å². The maximum Gasteiger partial charge on any atom is 0.324 e. The van der Waals surface area contributed by atoms with Crippen LogP contribution >= 0.6 is 0 Å². The molecule has 3 heteroatoms. The molecule has 1 fully saturated rings. The van der Waals surface area contributed by atoms with Gasteiger partial charge in [0.25, 0.3) is 0 Å². The van der Waals surface area contributed by atoms with Gasteiger partial charge < -0.3 is 5.11 Å². The highest BCUT2D eigenvalue weighted by Crippen LogP contribution is 2.39. The first kappa shape index (κ1) is 11.5. The Labute approximate surface area is 86.1 Å². The number of rotatable bonds is 2. The fourth-order valence-corrected chi connectivity index (χ4v) is 2.80. The van der Waals surface area contributed by atoms with E-state index in [9.17, 15) is 9.90 Å². The van der Waals surface area contributed by atoms with Crippen LogP contribution in [0.15, 0.2) is 0 Å². The van der Waals surface area contributed by atoms with Crippen molar-refractivity contribution in [3.8, 4) is 0 Å². The van der Waals surface area contributed by atoms with Crippen molar-refractivity contribution in [3.05, 3.63) is 0 Å². The highest BCUT2D eigenvalue weighted by molar-refractivity contribution is 5.79. The first-order valence-electron chi connectivity index (χ1n) is 5.32. The lowest BCUT2D eigenvalue weighted by atomic mass is 9.69. The Morgan fingerprint density at radius 1 is 1.43 bits per heavy atom. The van der Waals surface area contributed by atoms with Crippen molar-refractivity contribution < 1.29 is 9.90 Å². The van der Waals surface area contributed by atoms with Crippen molar-refractivity contribution >= 4 is 5.97 Å². The third-order valence-electron chi connectivity index (χ3n) is 3.76. The van der Waals surface area contributed by atoms with Gasteiger partial charge in [0, 0.05) is 0 Å². The summed E-state index contributed by atoms with van der Waals surface area (Å²) in [6, 6.07) is 0. The van der Waals surface area contributed by atoms with E-state index in [2.05, 4.69) is 13.8 Å². The molecule has 0 radical (unpaired) electrons. The highest BCUT2D eigenvalue weighted by Gasteiger charge is 2.48. The summed E-state index contributed by atoms with van der Waals surface area (Å²) in [5, 5.41) is 9.37. The number of carboxylic acids is 1. The Hall–Kier alpha value is -0.570. The second kappa shape index (κ2) is 3.89. The molecular weight excluding hydrogens is 178 g/mol. The molecule has 14 heavy (non-hydrogen) atoms. The number of hydrogen-bond donors (Lipinski definition) is 1. The molecule has 0 aromatic heterocycles. The molecule has 1 N–H and O–H groups in total. The summed E-state index contributed by atoms with van der Waals surface area (Å²) >= 11 is 0. The molecule has 3 nitrogen and oxygen atoms in total. The summed E-state index contributed by atoms with van der Waals surface area (Å²) in [7, 11) is 3.75. The summed E-state index contributed by atoms with van der Waals surface area (Å²) in [5.74, 6) is 0.234. The second-order valence-electron chi connectivity index (χ2n) is 4.90. The molecule has 0 saturated heterocycles. The lowest BCUT2D eigenvalue weighted by Gasteiger charge is -2.45. The number of likely N-dealkylation sites (N-methyl/N-ethyl adjacent to an activating group) is 1. The van der Waals surface area contributed by atoms with E-state index < -0.39 is 11.5 Å². The fraction of sp³-hybridized carbons (Fsp3) is 0.909. The lowest BCUT2D eigenvalue weighted by Crippen LogP contribution is -2.58. The van der Waals surface area contributed by atoms with Crippen molar-refractivity contribution in [3.63, 3.8) is 0 Å². The number of nitrogens with zero attached hydrogens (tertiary/aromatic N) is 1. The van der Waals surface area contributed by atoms with Crippen LogP contribution in [0, 0.1) is 11.8 Å². The van der Waals surface area contributed by atoms with E-state index in [0.717, 1.165) is 19.3 Å². The standard InChI is InChI=1S/C11H21NO2/c1-8-5-6-11(10(13)14,12(3)4)9(2)7-8/h8-9H,5-7H2,1-4H3,(H,13,14). The van der Waals surface area contributed by atoms with Crippen LogP contribution in [0.5, 0.6) is 0 Å². The van der Waals surface area contributed by atoms with E-state index >= 15 is 0 Å². The number of hydrogen-bond acceptors (Lipinski definition) is 2. The topological polar surface area (TPSA) is 40.5 Å². The van der Waals surface area contributed by atoms with E-state index in [0.29, 0.717) is 5.92 Å². The van der Waals surface area contributed by atoms with Crippen molar-refractivity contribution in [1.29, 1.82) is 0 Å². The summed E-state index contributed by atoms with van der Waals surface area (Å²) < 4.78 is 0. The smallest absolute Gasteiger partial charge is 0.324 e. The van der Waals surface area contributed by atoms with Crippen LogP contribution in [-0.4, -0.2) is 35.6 Å². The SMILES string of the molecule is CC1CCC(C(=O)O)(N(C)C)C(C)C1. The molecule has 3 unspecified atom stereocenters. The normalized spacial score (nSPS) is 38.6. The molecule has 3 atom stereocenters. The van der Waals surface area contributed by atoms with Gasteiger partial charge in [0.1, 0.15) is 5.54 Å². The molecule has 0 bridgehead atoms. The monoisotopic (exact) mass is 199 g/mol. The maximum atomic E-state index is 11.4. The molecule has 82 valence electrons. The van der Waals surface area contributed by atoms with Crippen LogP contribution in [0.3, 0.4) is 0 Å². The Morgan fingerprint density at radius 3 is 2.36 bits per heavy atom. The van der Waals surface area contributed by atoms with Crippen LogP contribution in [0.25, 0.3) is 0 Å². The van der Waals surface area contributed by atoms with E-state index in [-0.39, 0.29) is 5.92 Å². The molecule has 0 spiro atoms. The van der Waals surface area contributed by atoms with Crippen molar-refractivity contribution in [2.45, 2.75) is 38.6 Å². The van der Waals surface area contributed by atoms with Crippen LogP contribution in [0.4, 0.5) is 0 Å². The fourth-order valence-electron chi connectivity index (χ4n) is 2.80. The van der Waals surface area contributed by atoms with Crippen molar-refractivity contribution in [2.75, 3.05) is 14.1 Å². The van der Waals surface area contributed by atoms with Gasteiger partial charge in [0.05, 0.1) is 0 Å². The third kappa shape index (κ3) is 1.65. The molecule has 1 aliphatic carbocycles. The Kier molecular flexibility index (Phi) is 3.20. The average molecular weight is 199 g/mol. The Bertz CT molecular complexity index is 227. The largest absolute Gasteiger partial charge is 0.480 e. The second-order valence-corrected chi connectivity index (χ2v) is 4.90. The van der Waals surface area contributed by atoms with Crippen LogP contribution < -0.4 is 0 Å². The minimum absolute atomic E-state index is 0.235. The summed E-state index contributed by atoms with van der Waals surface area (Å²) in [6.45, 7) is 4.27. The molecule has 0 amide bonds. The zero-order chi connectivity index (χ0) is 10.9. The van der Waals surface area contributed by atoms with Gasteiger partial charge in [-0.15, -0.1) is 0 Å². The van der Waals surface area contributed by atoms with Gasteiger partial charge in [0.15, 0.2) is 0 Å². The third-order valence-corrected chi connectivity index (χ3v) is 3.76. The molecule has 1 saturated carbocycles. The Balaban J connectivity index is 2.93. The van der Waals surface area contributed by atoms with Crippen LogP contribution in [0.2, 0.25) is 0 Å². The lowest BCUT2D eigenvalue weighted by molar-refractivity contribution is -0.156. The zero-order valence-corrected chi connectivity index (χ0v) is 9.58. The first-order chi connectivity index (χ1) is 6.41. The molecular formula is C11H21NO2. The predicted molar refractivity (Wildman–Crippen MR) is 56.2 cm³/mol. The number of aliphatic carboxylic acids is 1. The summed E-state index contributed by atoms with van der Waals surface area (Å²) in [5.41, 5.74) is -0.632. The van der Waals surface area contributed by atoms with E-state index in [1.807, 2.05) is 19.0 Å². The van der Waals surface area contributed by atoms with E-state index in [4.69, 9.17) is 0 Å². The minimum atomic E-state index is -0.665. The summed E-state index contributed by atoms with van der Waals surface area (Å²) in [4.78, 5) is 13.3. The van der Waals surface area contributed by atoms with Crippen molar-refractivity contribution in [1.82, 2.24) is 4.90 Å². The van der Waals surface area contributed by atoms with E-state index in [1.54, 1.807) is 0 Å². The number of carboxylic acid groups (broad SMARTS) is 1. The van der Waals surface area contributed by atoms with Gasteiger partial charge in [0.2, 0.25) is 0 Å². The van der Waals surface area contributed by atoms with Gasteiger partial charge in [-0.05, 0) is 45.2 Å². The van der Waals surface area contributed by atoms with Crippen LogP contribution in [0.1, 0.15) is 33.1 Å². The Morgan fingerprint density at radius 2 is 2.00 bits per heavy atom. The molecule has 0 heterocycles. The van der Waals surface area contributed by atoms with Crippen molar-refractivity contribution in [2.24, 2.45) is 11.8 Å². The average Bonchev–Trinajstić information content (AvgIpc) is 2.02. The molecule has 1 rings (SSSR count). The first-order valence-corrected chi connectivity index (χ1v) is 5.32. The quantitative estimate of drug-likeness (QED) is 0.737. The van der Waals surface area contributed by atoms with Crippen LogP contribution in [-0.2, 0) is 4.79 Å². The van der Waals surface area contributed by atoms with Gasteiger partial charge in [-0.25, -0.2) is 0 Å². The van der Waals surface area contributed by atoms with Gasteiger partial charge in [-0.1, -0.05) is 13.8 Å². The number of carbonyl (C=O) groups is 1. The molecule has 0 aromatic rings. The predicted octanol–water partition coefficient (Wildman–Crippen LogP) is 1.83. The maximum absolute atomic E-state index is 11.4. The molecule has 0 aromatic carbocycles. The van der Waals surface area contributed by atoms with Gasteiger partial charge >= 0.3 is 5.97 Å². The summed E-state index contributed by atoms with van der Waals surface area (Å²) in [6.07, 6.45) is 2.82. The zero-order valence-electron chi connectivity index (χ0n) is 9.58.